The Morgan fingerprint density at radius 1 is 1.20 bits per heavy atom. The Balaban J connectivity index is 0.00000112. The van der Waals surface area contributed by atoms with Crippen LogP contribution in [0.15, 0.2) is 41.8 Å². The third-order valence-electron chi connectivity index (χ3n) is 2.06. The molecule has 80 valence electrons. The maximum absolute atomic E-state index is 12.9. The lowest BCUT2D eigenvalue weighted by atomic mass is 10.1. The Morgan fingerprint density at radius 2 is 2.00 bits per heavy atom. The molecule has 0 unspecified atom stereocenters. The second-order valence-corrected chi connectivity index (χ2v) is 4.03. The second-order valence-electron chi connectivity index (χ2n) is 3.05. The monoisotopic (exact) mass is 243 g/mol. The lowest BCUT2D eigenvalue weighted by Crippen LogP contribution is -2.10. The summed E-state index contributed by atoms with van der Waals surface area (Å²) in [4.78, 5) is 1.05. The van der Waals surface area contributed by atoms with Crippen molar-refractivity contribution in [1.29, 1.82) is 0 Å². The molecule has 15 heavy (non-hydrogen) atoms. The molecule has 2 N–H and O–H groups in total. The predicted octanol–water partition coefficient (Wildman–Crippen LogP) is 3.36. The van der Waals surface area contributed by atoms with Gasteiger partial charge in [-0.1, -0.05) is 18.2 Å². The van der Waals surface area contributed by atoms with Crippen LogP contribution in [0.4, 0.5) is 4.39 Å². The van der Waals surface area contributed by atoms with E-state index in [0.29, 0.717) is 0 Å². The van der Waals surface area contributed by atoms with Crippen molar-refractivity contribution in [2.24, 2.45) is 5.73 Å². The van der Waals surface area contributed by atoms with E-state index < -0.39 is 0 Å². The van der Waals surface area contributed by atoms with E-state index in [4.69, 9.17) is 5.73 Å². The van der Waals surface area contributed by atoms with Crippen molar-refractivity contribution in [3.63, 3.8) is 0 Å². The summed E-state index contributed by atoms with van der Waals surface area (Å²) in [6.07, 6.45) is 0. The highest BCUT2D eigenvalue weighted by Crippen LogP contribution is 2.23. The molecule has 1 aromatic heterocycles. The quantitative estimate of drug-likeness (QED) is 0.860. The van der Waals surface area contributed by atoms with E-state index in [-0.39, 0.29) is 24.3 Å². The Hall–Kier alpha value is -0.900. The third-order valence-corrected chi connectivity index (χ3v) is 3.01. The predicted molar refractivity (Wildman–Crippen MR) is 64.0 cm³/mol. The largest absolute Gasteiger partial charge is 0.320 e. The van der Waals surface area contributed by atoms with E-state index in [2.05, 4.69) is 0 Å². The minimum absolute atomic E-state index is 0. The van der Waals surface area contributed by atoms with Gasteiger partial charge >= 0.3 is 0 Å². The highest BCUT2D eigenvalue weighted by atomic mass is 35.5. The van der Waals surface area contributed by atoms with Gasteiger partial charge in [-0.2, -0.15) is 0 Å². The maximum Gasteiger partial charge on any atom is 0.123 e. The van der Waals surface area contributed by atoms with Crippen LogP contribution < -0.4 is 5.73 Å². The third kappa shape index (κ3) is 2.78. The maximum atomic E-state index is 12.9. The fourth-order valence-electron chi connectivity index (χ4n) is 1.33. The van der Waals surface area contributed by atoms with Gasteiger partial charge in [0.25, 0.3) is 0 Å². The lowest BCUT2D eigenvalue weighted by molar-refractivity contribution is 0.624. The second kappa shape index (κ2) is 5.26. The Kier molecular flexibility index (Phi) is 4.27. The van der Waals surface area contributed by atoms with Crippen LogP contribution in [0.5, 0.6) is 0 Å². The van der Waals surface area contributed by atoms with Gasteiger partial charge in [-0.05, 0) is 29.1 Å². The Morgan fingerprint density at radius 3 is 2.60 bits per heavy atom. The van der Waals surface area contributed by atoms with Crippen LogP contribution in [0.1, 0.15) is 16.5 Å². The summed E-state index contributed by atoms with van der Waals surface area (Å²) in [5.41, 5.74) is 6.79. The number of hydrogen-bond donors (Lipinski definition) is 1. The molecule has 0 saturated carbocycles. The lowest BCUT2D eigenvalue weighted by Gasteiger charge is -2.09. The van der Waals surface area contributed by atoms with Crippen molar-refractivity contribution in [3.05, 3.63) is 58.0 Å². The van der Waals surface area contributed by atoms with Crippen molar-refractivity contribution in [2.75, 3.05) is 0 Å². The summed E-state index contributed by atoms with van der Waals surface area (Å²) in [5, 5.41) is 1.97. The van der Waals surface area contributed by atoms with Crippen LogP contribution in [0.2, 0.25) is 0 Å². The van der Waals surface area contributed by atoms with E-state index >= 15 is 0 Å². The number of thiophene rings is 1. The van der Waals surface area contributed by atoms with E-state index in [0.717, 1.165) is 10.4 Å². The molecule has 0 aliphatic carbocycles. The summed E-state index contributed by atoms with van der Waals surface area (Å²) in [6, 6.07) is 10.1. The van der Waals surface area contributed by atoms with Crippen LogP contribution in [-0.4, -0.2) is 0 Å². The summed E-state index contributed by atoms with van der Waals surface area (Å²) in [6.45, 7) is 0. The zero-order valence-electron chi connectivity index (χ0n) is 7.89. The van der Waals surface area contributed by atoms with E-state index in [1.165, 1.54) is 12.1 Å². The highest BCUT2D eigenvalue weighted by molar-refractivity contribution is 7.10. The summed E-state index contributed by atoms with van der Waals surface area (Å²) in [5.74, 6) is -0.241. The van der Waals surface area contributed by atoms with Crippen molar-refractivity contribution in [1.82, 2.24) is 0 Å². The number of rotatable bonds is 2. The molecule has 1 atom stereocenters. The van der Waals surface area contributed by atoms with Gasteiger partial charge in [0, 0.05) is 4.88 Å². The van der Waals surface area contributed by atoms with Crippen LogP contribution >= 0.6 is 23.7 Å². The molecule has 1 heterocycles. The molecule has 0 spiro atoms. The molecule has 1 aromatic carbocycles. The van der Waals surface area contributed by atoms with Gasteiger partial charge in [0.15, 0.2) is 0 Å². The average molecular weight is 244 g/mol. The van der Waals surface area contributed by atoms with E-state index in [1.807, 2.05) is 23.6 Å². The summed E-state index contributed by atoms with van der Waals surface area (Å²) >= 11 is 1.58. The standard InChI is InChI=1S/C11H10FNS.ClH/c12-9-4-1-3-8(7-9)11(13)10-5-2-6-14-10;/h1-7,11H,13H2;1H/t11-;/m0./s1. The van der Waals surface area contributed by atoms with Gasteiger partial charge < -0.3 is 5.73 Å². The normalized spacial score (nSPS) is 11.9. The molecule has 0 saturated heterocycles. The van der Waals surface area contributed by atoms with E-state index in [1.54, 1.807) is 17.4 Å². The zero-order chi connectivity index (χ0) is 9.97. The first-order valence-corrected chi connectivity index (χ1v) is 5.20. The fourth-order valence-corrected chi connectivity index (χ4v) is 2.09. The summed E-state index contributed by atoms with van der Waals surface area (Å²) in [7, 11) is 0. The van der Waals surface area contributed by atoms with Crippen molar-refractivity contribution in [3.8, 4) is 0 Å². The first-order valence-electron chi connectivity index (χ1n) is 4.32. The van der Waals surface area contributed by atoms with Crippen molar-refractivity contribution >= 4 is 23.7 Å². The fraction of sp³-hybridized carbons (Fsp3) is 0.0909. The molecule has 1 nitrogen and oxygen atoms in total. The molecule has 4 heteroatoms. The number of hydrogen-bond acceptors (Lipinski definition) is 2. The van der Waals surface area contributed by atoms with Gasteiger partial charge in [0.2, 0.25) is 0 Å². The molecule has 0 aliphatic rings. The van der Waals surface area contributed by atoms with E-state index in [9.17, 15) is 4.39 Å². The van der Waals surface area contributed by atoms with Crippen LogP contribution in [-0.2, 0) is 0 Å². The highest BCUT2D eigenvalue weighted by Gasteiger charge is 2.09. The van der Waals surface area contributed by atoms with Gasteiger partial charge in [-0.25, -0.2) is 4.39 Å². The number of nitrogens with two attached hydrogens (primary N) is 1. The van der Waals surface area contributed by atoms with Crippen molar-refractivity contribution < 1.29 is 4.39 Å². The molecule has 0 radical (unpaired) electrons. The average Bonchev–Trinajstić information content (AvgIpc) is 2.69. The first kappa shape index (κ1) is 12.2. The van der Waals surface area contributed by atoms with Crippen LogP contribution in [0.3, 0.4) is 0 Å². The van der Waals surface area contributed by atoms with Gasteiger partial charge in [-0.15, -0.1) is 23.7 Å². The zero-order valence-corrected chi connectivity index (χ0v) is 9.52. The molecule has 2 aromatic rings. The minimum Gasteiger partial charge on any atom is -0.320 e. The smallest absolute Gasteiger partial charge is 0.123 e. The Labute approximate surface area is 98.2 Å². The van der Waals surface area contributed by atoms with Crippen LogP contribution in [0, 0.1) is 5.82 Å². The molecular weight excluding hydrogens is 233 g/mol. The number of benzene rings is 1. The topological polar surface area (TPSA) is 26.0 Å². The van der Waals surface area contributed by atoms with Gasteiger partial charge in [-0.3, -0.25) is 0 Å². The molecular formula is C11H11ClFNS. The van der Waals surface area contributed by atoms with Gasteiger partial charge in [0.05, 0.1) is 6.04 Å². The molecule has 0 bridgehead atoms. The SMILES string of the molecule is Cl.N[C@@H](c1cccc(F)c1)c1cccs1. The van der Waals surface area contributed by atoms with Gasteiger partial charge in [0.1, 0.15) is 5.82 Å². The number of halogens is 2. The molecule has 0 amide bonds. The summed E-state index contributed by atoms with van der Waals surface area (Å²) < 4.78 is 12.9. The van der Waals surface area contributed by atoms with Crippen molar-refractivity contribution in [2.45, 2.75) is 6.04 Å². The van der Waals surface area contributed by atoms with Crippen LogP contribution in [0.25, 0.3) is 0 Å². The Bertz CT molecular complexity index is 416. The molecule has 2 rings (SSSR count). The molecule has 0 fully saturated rings. The molecule has 0 aliphatic heterocycles. The minimum atomic E-state index is -0.241. The first-order chi connectivity index (χ1) is 6.77.